The third-order valence-electron chi connectivity index (χ3n) is 3.03. The molecule has 0 saturated carbocycles. The van der Waals surface area contributed by atoms with Crippen molar-refractivity contribution in [3.63, 3.8) is 0 Å². The van der Waals surface area contributed by atoms with Crippen molar-refractivity contribution in [3.8, 4) is 0 Å². The van der Waals surface area contributed by atoms with Crippen LogP contribution in [0.25, 0.3) is 0 Å². The summed E-state index contributed by atoms with van der Waals surface area (Å²) in [6, 6.07) is 5.46. The van der Waals surface area contributed by atoms with Crippen molar-refractivity contribution < 1.29 is 18.7 Å². The zero-order chi connectivity index (χ0) is 17.6. The van der Waals surface area contributed by atoms with Gasteiger partial charge in [0.05, 0.1) is 0 Å². The number of nitrogens with one attached hydrogen (secondary N) is 2. The van der Waals surface area contributed by atoms with Crippen molar-refractivity contribution in [2.75, 3.05) is 0 Å². The van der Waals surface area contributed by atoms with Gasteiger partial charge in [0.15, 0.2) is 0 Å². The molecule has 1 aromatic carbocycles. The fraction of sp³-hybridized carbons (Fsp3) is 0.529. The average Bonchev–Trinajstić information content (AvgIpc) is 2.41. The summed E-state index contributed by atoms with van der Waals surface area (Å²) in [6.07, 6.45) is -0.655. The Kier molecular flexibility index (Phi) is 6.54. The Bertz CT molecular complexity index is 553. The van der Waals surface area contributed by atoms with E-state index in [1.807, 2.05) is 13.8 Å². The van der Waals surface area contributed by atoms with Gasteiger partial charge in [-0.25, -0.2) is 9.18 Å². The molecular weight excluding hydrogens is 299 g/mol. The Morgan fingerprint density at radius 3 is 2.35 bits per heavy atom. The van der Waals surface area contributed by atoms with E-state index in [1.165, 1.54) is 6.07 Å². The lowest BCUT2D eigenvalue weighted by Crippen LogP contribution is -2.50. The van der Waals surface area contributed by atoms with Crippen LogP contribution in [0.3, 0.4) is 0 Å². The van der Waals surface area contributed by atoms with Crippen LogP contribution in [-0.4, -0.2) is 23.6 Å². The summed E-state index contributed by atoms with van der Waals surface area (Å²) >= 11 is 0. The van der Waals surface area contributed by atoms with Crippen LogP contribution in [0.2, 0.25) is 0 Å². The molecule has 0 radical (unpaired) electrons. The molecule has 0 fully saturated rings. The number of carbonyl (C=O) groups is 2. The maximum atomic E-state index is 13.6. The van der Waals surface area contributed by atoms with Crippen LogP contribution in [0, 0.1) is 11.7 Å². The van der Waals surface area contributed by atoms with Crippen LogP contribution >= 0.6 is 0 Å². The van der Waals surface area contributed by atoms with E-state index in [4.69, 9.17) is 4.74 Å². The summed E-state index contributed by atoms with van der Waals surface area (Å²) in [6.45, 7) is 8.92. The molecular formula is C17H25FN2O3. The standard InChI is InChI=1S/C17H25FN2O3/c1-11(2)14(20-16(22)23-17(3,4)5)15(21)19-10-12-8-6-7-9-13(12)18/h6-9,11,14H,10H2,1-5H3,(H,19,21)(H,20,22)/t14-/m0/s1. The normalized spacial score (nSPS) is 12.7. The molecule has 1 atom stereocenters. The summed E-state index contributed by atoms with van der Waals surface area (Å²) in [5.74, 6) is -0.897. The van der Waals surface area contributed by atoms with Gasteiger partial charge in [0.25, 0.3) is 0 Å². The number of amides is 2. The molecule has 0 heterocycles. The van der Waals surface area contributed by atoms with Crippen LogP contribution in [0.4, 0.5) is 9.18 Å². The first-order chi connectivity index (χ1) is 10.6. The molecule has 0 unspecified atom stereocenters. The van der Waals surface area contributed by atoms with E-state index in [-0.39, 0.29) is 24.2 Å². The van der Waals surface area contributed by atoms with Crippen LogP contribution in [0.1, 0.15) is 40.2 Å². The second-order valence-corrected chi connectivity index (χ2v) is 6.68. The molecule has 1 aromatic rings. The molecule has 0 aliphatic rings. The van der Waals surface area contributed by atoms with Gasteiger partial charge in [0.1, 0.15) is 17.5 Å². The molecule has 6 heteroatoms. The molecule has 0 aliphatic carbocycles. The van der Waals surface area contributed by atoms with Crippen LogP contribution in [0.15, 0.2) is 24.3 Å². The van der Waals surface area contributed by atoms with E-state index in [2.05, 4.69) is 10.6 Å². The number of benzene rings is 1. The Balaban J connectivity index is 2.65. The summed E-state index contributed by atoms with van der Waals surface area (Å²) < 4.78 is 18.7. The minimum atomic E-state index is -0.753. The molecule has 0 aromatic heterocycles. The maximum absolute atomic E-state index is 13.6. The number of rotatable bonds is 5. The predicted octanol–water partition coefficient (Wildman–Crippen LogP) is 2.99. The van der Waals surface area contributed by atoms with E-state index in [9.17, 15) is 14.0 Å². The summed E-state index contributed by atoms with van der Waals surface area (Å²) in [7, 11) is 0. The van der Waals surface area contributed by atoms with Crippen molar-refractivity contribution in [1.29, 1.82) is 0 Å². The molecule has 23 heavy (non-hydrogen) atoms. The second-order valence-electron chi connectivity index (χ2n) is 6.68. The van der Waals surface area contributed by atoms with E-state index >= 15 is 0 Å². The number of hydrogen-bond acceptors (Lipinski definition) is 3. The lowest BCUT2D eigenvalue weighted by molar-refractivity contribution is -0.124. The van der Waals surface area contributed by atoms with Gasteiger partial charge in [0, 0.05) is 12.1 Å². The Morgan fingerprint density at radius 1 is 1.22 bits per heavy atom. The number of carbonyl (C=O) groups excluding carboxylic acids is 2. The Labute approximate surface area is 136 Å². The summed E-state index contributed by atoms with van der Waals surface area (Å²) in [4.78, 5) is 24.1. The number of ether oxygens (including phenoxy) is 1. The fourth-order valence-corrected chi connectivity index (χ4v) is 1.90. The van der Waals surface area contributed by atoms with Crippen molar-refractivity contribution in [2.24, 2.45) is 5.92 Å². The lowest BCUT2D eigenvalue weighted by Gasteiger charge is -2.25. The molecule has 0 bridgehead atoms. The average molecular weight is 324 g/mol. The van der Waals surface area contributed by atoms with E-state index < -0.39 is 17.7 Å². The van der Waals surface area contributed by atoms with Gasteiger partial charge in [-0.3, -0.25) is 4.79 Å². The predicted molar refractivity (Wildman–Crippen MR) is 86.2 cm³/mol. The maximum Gasteiger partial charge on any atom is 0.408 e. The number of alkyl carbamates (subject to hydrolysis) is 1. The van der Waals surface area contributed by atoms with Gasteiger partial charge in [-0.2, -0.15) is 0 Å². The van der Waals surface area contributed by atoms with Crippen LogP contribution in [0.5, 0.6) is 0 Å². The first-order valence-corrected chi connectivity index (χ1v) is 7.61. The molecule has 1 rings (SSSR count). The van der Waals surface area contributed by atoms with Crippen molar-refractivity contribution in [1.82, 2.24) is 10.6 Å². The smallest absolute Gasteiger partial charge is 0.408 e. The molecule has 5 nitrogen and oxygen atoms in total. The SMILES string of the molecule is CC(C)[C@H](NC(=O)OC(C)(C)C)C(=O)NCc1ccccc1F. The largest absolute Gasteiger partial charge is 0.444 e. The third-order valence-corrected chi connectivity index (χ3v) is 3.03. The molecule has 0 saturated heterocycles. The zero-order valence-corrected chi connectivity index (χ0v) is 14.3. The zero-order valence-electron chi connectivity index (χ0n) is 14.3. The summed E-state index contributed by atoms with van der Waals surface area (Å²) in [5, 5.41) is 5.20. The first kappa shape index (κ1) is 18.9. The molecule has 2 N–H and O–H groups in total. The highest BCUT2D eigenvalue weighted by Gasteiger charge is 2.26. The molecule has 0 spiro atoms. The van der Waals surface area contributed by atoms with E-state index in [0.29, 0.717) is 5.56 Å². The van der Waals surface area contributed by atoms with Gasteiger partial charge < -0.3 is 15.4 Å². The minimum absolute atomic E-state index is 0.0602. The van der Waals surface area contributed by atoms with Crippen LogP contribution in [-0.2, 0) is 16.1 Å². The highest BCUT2D eigenvalue weighted by atomic mass is 19.1. The third kappa shape index (κ3) is 6.67. The van der Waals surface area contributed by atoms with Gasteiger partial charge in [-0.1, -0.05) is 32.0 Å². The van der Waals surface area contributed by atoms with Crippen molar-refractivity contribution >= 4 is 12.0 Å². The highest BCUT2D eigenvalue weighted by molar-refractivity contribution is 5.85. The van der Waals surface area contributed by atoms with Crippen molar-refractivity contribution in [2.45, 2.75) is 52.8 Å². The Hall–Kier alpha value is -2.11. The Morgan fingerprint density at radius 2 is 1.83 bits per heavy atom. The van der Waals surface area contributed by atoms with Gasteiger partial charge in [-0.05, 0) is 32.8 Å². The number of hydrogen-bond donors (Lipinski definition) is 2. The quantitative estimate of drug-likeness (QED) is 0.875. The van der Waals surface area contributed by atoms with Gasteiger partial charge in [0.2, 0.25) is 5.91 Å². The number of halogens is 1. The van der Waals surface area contributed by atoms with E-state index in [0.717, 1.165) is 0 Å². The molecule has 0 aliphatic heterocycles. The van der Waals surface area contributed by atoms with Gasteiger partial charge >= 0.3 is 6.09 Å². The topological polar surface area (TPSA) is 67.4 Å². The lowest BCUT2D eigenvalue weighted by atomic mass is 10.0. The van der Waals surface area contributed by atoms with Crippen molar-refractivity contribution in [3.05, 3.63) is 35.6 Å². The highest BCUT2D eigenvalue weighted by Crippen LogP contribution is 2.10. The van der Waals surface area contributed by atoms with E-state index in [1.54, 1.807) is 39.0 Å². The van der Waals surface area contributed by atoms with Gasteiger partial charge in [-0.15, -0.1) is 0 Å². The minimum Gasteiger partial charge on any atom is -0.444 e. The fourth-order valence-electron chi connectivity index (χ4n) is 1.90. The molecule has 2 amide bonds. The first-order valence-electron chi connectivity index (χ1n) is 7.61. The summed E-state index contributed by atoms with van der Waals surface area (Å²) in [5.41, 5.74) is -0.254. The molecule has 128 valence electrons. The monoisotopic (exact) mass is 324 g/mol. The second kappa shape index (κ2) is 7.94. The van der Waals surface area contributed by atoms with Crippen LogP contribution < -0.4 is 10.6 Å².